The molecule has 3 N–H and O–H groups in total. The monoisotopic (exact) mass is 423 g/mol. The van der Waals surface area contributed by atoms with E-state index in [1.807, 2.05) is 36.4 Å². The SMILES string of the molecule is CC(c1ccc(S(N)(=O)=O)cc1)N(C)CC(=O)NC(c1cccs1)C(C)(C)C. The molecule has 1 amide bonds. The standard InChI is InChI=1S/C20H29N3O3S2/c1-14(15-8-10-16(11-9-15)28(21,25)26)23(5)13-18(24)22-19(20(2,3)4)17-7-6-12-27-17/h6-12,14,19H,13H2,1-5H3,(H,22,24)(H2,21,25,26). The van der Waals surface area contributed by atoms with Crippen LogP contribution in [0.1, 0.15) is 50.2 Å². The van der Waals surface area contributed by atoms with Crippen LogP contribution < -0.4 is 10.5 Å². The van der Waals surface area contributed by atoms with Gasteiger partial charge >= 0.3 is 0 Å². The van der Waals surface area contributed by atoms with Crippen molar-refractivity contribution in [2.24, 2.45) is 10.6 Å². The van der Waals surface area contributed by atoms with Crippen molar-refractivity contribution < 1.29 is 13.2 Å². The fourth-order valence-corrected chi connectivity index (χ4v) is 4.47. The molecule has 8 heteroatoms. The summed E-state index contributed by atoms with van der Waals surface area (Å²) in [7, 11) is -1.84. The van der Waals surface area contributed by atoms with E-state index in [0.29, 0.717) is 0 Å². The third-order valence-corrected chi connectivity index (χ3v) is 6.61. The highest BCUT2D eigenvalue weighted by molar-refractivity contribution is 7.89. The Morgan fingerprint density at radius 1 is 1.21 bits per heavy atom. The van der Waals surface area contributed by atoms with E-state index in [4.69, 9.17) is 5.14 Å². The summed E-state index contributed by atoms with van der Waals surface area (Å²) in [5, 5.41) is 10.3. The molecule has 0 saturated heterocycles. The maximum Gasteiger partial charge on any atom is 0.238 e. The highest BCUT2D eigenvalue weighted by atomic mass is 32.2. The first-order chi connectivity index (χ1) is 12.9. The van der Waals surface area contributed by atoms with Gasteiger partial charge in [0.25, 0.3) is 0 Å². The Hall–Kier alpha value is -1.74. The van der Waals surface area contributed by atoms with E-state index in [2.05, 4.69) is 26.1 Å². The molecule has 154 valence electrons. The van der Waals surface area contributed by atoms with Crippen molar-refractivity contribution in [3.63, 3.8) is 0 Å². The van der Waals surface area contributed by atoms with E-state index < -0.39 is 10.0 Å². The molecule has 0 aliphatic rings. The summed E-state index contributed by atoms with van der Waals surface area (Å²) in [5.41, 5.74) is 0.808. The van der Waals surface area contributed by atoms with Gasteiger partial charge in [-0.05, 0) is 48.5 Å². The fraction of sp³-hybridized carbons (Fsp3) is 0.450. The summed E-state index contributed by atoms with van der Waals surface area (Å²) < 4.78 is 22.8. The smallest absolute Gasteiger partial charge is 0.238 e. The lowest BCUT2D eigenvalue weighted by Gasteiger charge is -2.32. The number of amides is 1. The van der Waals surface area contributed by atoms with Gasteiger partial charge in [0, 0.05) is 10.9 Å². The molecule has 1 heterocycles. The lowest BCUT2D eigenvalue weighted by atomic mass is 9.85. The Bertz CT molecular complexity index is 886. The highest BCUT2D eigenvalue weighted by Gasteiger charge is 2.29. The molecule has 1 aromatic heterocycles. The Morgan fingerprint density at radius 2 is 1.82 bits per heavy atom. The van der Waals surface area contributed by atoms with Gasteiger partial charge in [0.1, 0.15) is 0 Å². The zero-order chi connectivity index (χ0) is 21.1. The molecule has 6 nitrogen and oxygen atoms in total. The highest BCUT2D eigenvalue weighted by Crippen LogP contribution is 2.35. The molecule has 0 bridgehead atoms. The lowest BCUT2D eigenvalue weighted by molar-refractivity contribution is -0.123. The Morgan fingerprint density at radius 3 is 2.29 bits per heavy atom. The second kappa shape index (κ2) is 8.73. The van der Waals surface area contributed by atoms with Crippen molar-refractivity contribution in [1.29, 1.82) is 0 Å². The van der Waals surface area contributed by atoms with Crippen LogP contribution in [0.25, 0.3) is 0 Å². The van der Waals surface area contributed by atoms with E-state index >= 15 is 0 Å². The molecule has 2 atom stereocenters. The second-order valence-electron chi connectivity index (χ2n) is 8.09. The molecule has 2 aromatic rings. The minimum atomic E-state index is -3.71. The second-order valence-corrected chi connectivity index (χ2v) is 10.6. The first-order valence-corrected chi connectivity index (χ1v) is 11.5. The number of benzene rings is 1. The van der Waals surface area contributed by atoms with Crippen molar-refractivity contribution in [3.8, 4) is 0 Å². The van der Waals surface area contributed by atoms with E-state index in [0.717, 1.165) is 10.4 Å². The average Bonchev–Trinajstić information content (AvgIpc) is 3.11. The van der Waals surface area contributed by atoms with Crippen LogP contribution in [0.15, 0.2) is 46.7 Å². The van der Waals surface area contributed by atoms with Gasteiger partial charge in [-0.15, -0.1) is 11.3 Å². The molecule has 0 spiro atoms. The zero-order valence-electron chi connectivity index (χ0n) is 17.0. The summed E-state index contributed by atoms with van der Waals surface area (Å²) in [5.74, 6) is -0.0520. The van der Waals surface area contributed by atoms with E-state index in [1.165, 1.54) is 12.1 Å². The van der Waals surface area contributed by atoms with Gasteiger partial charge in [0.15, 0.2) is 0 Å². The molecule has 2 rings (SSSR count). The van der Waals surface area contributed by atoms with Gasteiger partial charge in [-0.2, -0.15) is 0 Å². The molecule has 0 saturated carbocycles. The van der Waals surface area contributed by atoms with Gasteiger partial charge in [-0.25, -0.2) is 13.6 Å². The van der Waals surface area contributed by atoms with Crippen LogP contribution in [-0.2, 0) is 14.8 Å². The third kappa shape index (κ3) is 5.88. The summed E-state index contributed by atoms with van der Waals surface area (Å²) in [6, 6.07) is 10.3. The molecule has 0 radical (unpaired) electrons. The van der Waals surface area contributed by atoms with Crippen LogP contribution in [0.3, 0.4) is 0 Å². The number of thiophene rings is 1. The van der Waals surface area contributed by atoms with E-state index in [1.54, 1.807) is 23.5 Å². The number of nitrogens with one attached hydrogen (secondary N) is 1. The number of nitrogens with zero attached hydrogens (tertiary/aromatic N) is 1. The largest absolute Gasteiger partial charge is 0.347 e. The first kappa shape index (κ1) is 22.5. The number of rotatable bonds is 7. The number of carbonyl (C=O) groups is 1. The average molecular weight is 424 g/mol. The van der Waals surface area contributed by atoms with Crippen molar-refractivity contribution >= 4 is 27.3 Å². The number of hydrogen-bond donors (Lipinski definition) is 2. The van der Waals surface area contributed by atoms with Gasteiger partial charge in [-0.1, -0.05) is 39.0 Å². The molecule has 0 fully saturated rings. The quantitative estimate of drug-likeness (QED) is 0.715. The molecular formula is C20H29N3O3S2. The van der Waals surface area contributed by atoms with Gasteiger partial charge in [-0.3, -0.25) is 9.69 Å². The summed E-state index contributed by atoms with van der Waals surface area (Å²) >= 11 is 1.64. The molecule has 0 aliphatic heterocycles. The number of carbonyl (C=O) groups excluding carboxylic acids is 1. The minimum absolute atomic E-state index is 0.0520. The first-order valence-electron chi connectivity index (χ1n) is 9.05. The van der Waals surface area contributed by atoms with Crippen molar-refractivity contribution in [2.75, 3.05) is 13.6 Å². The number of likely N-dealkylation sites (N-methyl/N-ethyl adjacent to an activating group) is 1. The maximum atomic E-state index is 12.7. The topological polar surface area (TPSA) is 92.5 Å². The normalized spacial score (nSPS) is 14.7. The fourth-order valence-electron chi connectivity index (χ4n) is 2.93. The van der Waals surface area contributed by atoms with Crippen LogP contribution in [0.2, 0.25) is 0 Å². The Labute approximate surface area is 171 Å². The molecule has 28 heavy (non-hydrogen) atoms. The van der Waals surface area contributed by atoms with Gasteiger partial charge in [0.2, 0.25) is 15.9 Å². The van der Waals surface area contributed by atoms with Crippen LogP contribution in [0.5, 0.6) is 0 Å². The van der Waals surface area contributed by atoms with Crippen molar-refractivity contribution in [1.82, 2.24) is 10.2 Å². The van der Waals surface area contributed by atoms with Crippen LogP contribution in [0, 0.1) is 5.41 Å². The summed E-state index contributed by atoms with van der Waals surface area (Å²) in [4.78, 5) is 15.8. The van der Waals surface area contributed by atoms with Crippen LogP contribution in [-0.4, -0.2) is 32.8 Å². The Kier molecular flexibility index (Phi) is 7.03. The molecule has 1 aromatic carbocycles. The lowest BCUT2D eigenvalue weighted by Crippen LogP contribution is -2.41. The Balaban J connectivity index is 2.04. The van der Waals surface area contributed by atoms with Crippen molar-refractivity contribution in [3.05, 3.63) is 52.2 Å². The van der Waals surface area contributed by atoms with Crippen molar-refractivity contribution in [2.45, 2.75) is 44.7 Å². The van der Waals surface area contributed by atoms with Gasteiger partial charge < -0.3 is 5.32 Å². The summed E-state index contributed by atoms with van der Waals surface area (Å²) in [6.07, 6.45) is 0. The van der Waals surface area contributed by atoms with E-state index in [9.17, 15) is 13.2 Å². The van der Waals surface area contributed by atoms with Crippen LogP contribution in [0.4, 0.5) is 0 Å². The molecule has 2 unspecified atom stereocenters. The number of sulfonamides is 1. The number of primary sulfonamides is 1. The van der Waals surface area contributed by atoms with Gasteiger partial charge in [0.05, 0.1) is 17.5 Å². The molecular weight excluding hydrogens is 394 g/mol. The predicted octanol–water partition coefficient (Wildman–Crippen LogP) is 3.29. The third-order valence-electron chi connectivity index (χ3n) is 4.74. The molecule has 0 aliphatic carbocycles. The number of hydrogen-bond acceptors (Lipinski definition) is 5. The zero-order valence-corrected chi connectivity index (χ0v) is 18.6. The summed E-state index contributed by atoms with van der Waals surface area (Å²) in [6.45, 7) is 8.53. The predicted molar refractivity (Wildman–Crippen MR) is 114 cm³/mol. The maximum absolute atomic E-state index is 12.7. The number of nitrogens with two attached hydrogens (primary N) is 1. The van der Waals surface area contributed by atoms with E-state index in [-0.39, 0.29) is 34.8 Å². The minimum Gasteiger partial charge on any atom is -0.347 e. The van der Waals surface area contributed by atoms with Crippen LogP contribution >= 0.6 is 11.3 Å².